The van der Waals surface area contributed by atoms with Gasteiger partial charge in [0.1, 0.15) is 5.56 Å². The summed E-state index contributed by atoms with van der Waals surface area (Å²) < 4.78 is 1.64. The van der Waals surface area contributed by atoms with Gasteiger partial charge >= 0.3 is 0 Å². The average Bonchev–Trinajstić information content (AvgIpc) is 2.83. The Morgan fingerprint density at radius 1 is 1.40 bits per heavy atom. The molecule has 5 nitrogen and oxygen atoms in total. The zero-order valence-corrected chi connectivity index (χ0v) is 12.2. The standard InChI is InChI=1S/C15H22N4O/c1-3-4-5-6-8-11(2)13-12(14(16)20)15-17-9-7-10-19(15)18-13/h7,9-11H,3-6,8H2,1-2H3,(H2,16,20). The first-order chi connectivity index (χ1) is 9.65. The molecule has 0 radical (unpaired) electrons. The summed E-state index contributed by atoms with van der Waals surface area (Å²) in [5.41, 5.74) is 7.30. The van der Waals surface area contributed by atoms with Crippen molar-refractivity contribution in [2.24, 2.45) is 5.73 Å². The summed E-state index contributed by atoms with van der Waals surface area (Å²) in [4.78, 5) is 15.9. The highest BCUT2D eigenvalue weighted by molar-refractivity contribution is 6.00. The number of nitrogens with two attached hydrogens (primary N) is 1. The van der Waals surface area contributed by atoms with Crippen LogP contribution < -0.4 is 5.73 Å². The Hall–Kier alpha value is -1.91. The van der Waals surface area contributed by atoms with Crippen LogP contribution >= 0.6 is 0 Å². The molecule has 2 N–H and O–H groups in total. The first kappa shape index (κ1) is 14.5. The predicted octanol–water partition coefficient (Wildman–Crippen LogP) is 2.90. The Bertz CT molecular complexity index is 591. The predicted molar refractivity (Wildman–Crippen MR) is 78.7 cm³/mol. The molecule has 2 rings (SSSR count). The van der Waals surface area contributed by atoms with Crippen molar-refractivity contribution in [2.75, 3.05) is 0 Å². The zero-order valence-electron chi connectivity index (χ0n) is 12.2. The molecule has 2 aromatic heterocycles. The van der Waals surface area contributed by atoms with Gasteiger partial charge in [-0.05, 0) is 12.5 Å². The molecule has 2 heterocycles. The molecule has 0 aliphatic rings. The topological polar surface area (TPSA) is 73.3 Å². The van der Waals surface area contributed by atoms with Gasteiger partial charge in [-0.25, -0.2) is 9.50 Å². The lowest BCUT2D eigenvalue weighted by Gasteiger charge is -2.09. The Morgan fingerprint density at radius 2 is 2.20 bits per heavy atom. The van der Waals surface area contributed by atoms with Crippen molar-refractivity contribution < 1.29 is 4.79 Å². The molecule has 0 saturated heterocycles. The van der Waals surface area contributed by atoms with E-state index in [1.807, 2.05) is 0 Å². The number of primary amides is 1. The Morgan fingerprint density at radius 3 is 2.90 bits per heavy atom. The number of hydrogen-bond acceptors (Lipinski definition) is 3. The number of fused-ring (bicyclic) bond motifs is 1. The third-order valence-corrected chi connectivity index (χ3v) is 3.63. The Balaban J connectivity index is 2.24. The fourth-order valence-corrected chi connectivity index (χ4v) is 2.50. The zero-order chi connectivity index (χ0) is 14.5. The summed E-state index contributed by atoms with van der Waals surface area (Å²) in [6, 6.07) is 1.79. The number of rotatable bonds is 7. The van der Waals surface area contributed by atoms with E-state index in [0.29, 0.717) is 11.2 Å². The second-order valence-corrected chi connectivity index (χ2v) is 5.26. The minimum atomic E-state index is -0.450. The van der Waals surface area contributed by atoms with Gasteiger partial charge in [-0.15, -0.1) is 0 Å². The molecule has 0 aromatic carbocycles. The van der Waals surface area contributed by atoms with Gasteiger partial charge in [0.15, 0.2) is 5.65 Å². The Kier molecular flexibility index (Phi) is 4.71. The van der Waals surface area contributed by atoms with Gasteiger partial charge in [0.05, 0.1) is 5.69 Å². The number of hydrogen-bond donors (Lipinski definition) is 1. The highest BCUT2D eigenvalue weighted by Gasteiger charge is 2.22. The van der Waals surface area contributed by atoms with Gasteiger partial charge in [-0.3, -0.25) is 4.79 Å². The van der Waals surface area contributed by atoms with Gasteiger partial charge in [-0.2, -0.15) is 5.10 Å². The Labute approximate surface area is 119 Å². The maximum atomic E-state index is 11.7. The lowest BCUT2D eigenvalue weighted by Crippen LogP contribution is -2.14. The van der Waals surface area contributed by atoms with E-state index in [9.17, 15) is 4.79 Å². The molecule has 20 heavy (non-hydrogen) atoms. The van der Waals surface area contributed by atoms with Crippen molar-refractivity contribution in [1.82, 2.24) is 14.6 Å². The lowest BCUT2D eigenvalue weighted by molar-refractivity contribution is 0.100. The van der Waals surface area contributed by atoms with Gasteiger partial charge in [0.2, 0.25) is 0 Å². The monoisotopic (exact) mass is 274 g/mol. The van der Waals surface area contributed by atoms with Crippen molar-refractivity contribution in [3.8, 4) is 0 Å². The molecule has 108 valence electrons. The van der Waals surface area contributed by atoms with E-state index in [4.69, 9.17) is 5.73 Å². The van der Waals surface area contributed by atoms with Crippen LogP contribution in [-0.4, -0.2) is 20.5 Å². The van der Waals surface area contributed by atoms with Crippen LogP contribution in [0.25, 0.3) is 5.65 Å². The summed E-state index contributed by atoms with van der Waals surface area (Å²) in [5, 5.41) is 4.49. The number of carbonyl (C=O) groups excluding carboxylic acids is 1. The van der Waals surface area contributed by atoms with Gasteiger partial charge in [0.25, 0.3) is 5.91 Å². The number of unbranched alkanes of at least 4 members (excludes halogenated alkanes) is 3. The second-order valence-electron chi connectivity index (χ2n) is 5.26. The molecule has 0 fully saturated rings. The van der Waals surface area contributed by atoms with E-state index in [1.165, 1.54) is 19.3 Å². The second kappa shape index (κ2) is 6.50. The van der Waals surface area contributed by atoms with E-state index < -0.39 is 5.91 Å². The largest absolute Gasteiger partial charge is 0.365 e. The molecular weight excluding hydrogens is 252 g/mol. The van der Waals surface area contributed by atoms with Crippen LogP contribution in [0.5, 0.6) is 0 Å². The van der Waals surface area contributed by atoms with E-state index in [2.05, 4.69) is 23.9 Å². The fraction of sp³-hybridized carbons (Fsp3) is 0.533. The summed E-state index contributed by atoms with van der Waals surface area (Å²) in [6.45, 7) is 4.29. The SMILES string of the molecule is CCCCCCC(C)c1nn2cccnc2c1C(N)=O. The number of amides is 1. The van der Waals surface area contributed by atoms with Crippen LogP contribution in [-0.2, 0) is 0 Å². The first-order valence-electron chi connectivity index (χ1n) is 7.28. The molecule has 5 heteroatoms. The fourth-order valence-electron chi connectivity index (χ4n) is 2.50. The van der Waals surface area contributed by atoms with Crippen molar-refractivity contribution >= 4 is 11.6 Å². The van der Waals surface area contributed by atoms with E-state index in [1.54, 1.807) is 23.0 Å². The summed E-state index contributed by atoms with van der Waals surface area (Å²) in [6.07, 6.45) is 9.31. The maximum Gasteiger partial charge on any atom is 0.254 e. The van der Waals surface area contributed by atoms with Gasteiger partial charge < -0.3 is 5.73 Å². The molecular formula is C15H22N4O. The first-order valence-corrected chi connectivity index (χ1v) is 7.28. The van der Waals surface area contributed by atoms with Crippen LogP contribution in [0.4, 0.5) is 0 Å². The molecule has 0 aliphatic heterocycles. The number of nitrogens with zero attached hydrogens (tertiary/aromatic N) is 3. The highest BCUT2D eigenvalue weighted by Crippen LogP contribution is 2.26. The van der Waals surface area contributed by atoms with Gasteiger partial charge in [-0.1, -0.05) is 39.5 Å². The molecule has 0 saturated carbocycles. The molecule has 1 unspecified atom stereocenters. The van der Waals surface area contributed by atoms with Crippen LogP contribution in [0.3, 0.4) is 0 Å². The number of aromatic nitrogens is 3. The molecule has 1 amide bonds. The highest BCUT2D eigenvalue weighted by atomic mass is 16.1. The van der Waals surface area contributed by atoms with Gasteiger partial charge in [0, 0.05) is 18.3 Å². The average molecular weight is 274 g/mol. The van der Waals surface area contributed by atoms with Crippen LogP contribution in [0.1, 0.15) is 67.9 Å². The third kappa shape index (κ3) is 2.98. The smallest absolute Gasteiger partial charge is 0.254 e. The molecule has 0 aliphatic carbocycles. The third-order valence-electron chi connectivity index (χ3n) is 3.63. The summed E-state index contributed by atoms with van der Waals surface area (Å²) in [5.74, 6) is -0.231. The van der Waals surface area contributed by atoms with E-state index >= 15 is 0 Å². The molecule has 2 aromatic rings. The molecule has 0 bridgehead atoms. The van der Waals surface area contributed by atoms with Crippen molar-refractivity contribution in [2.45, 2.75) is 51.9 Å². The summed E-state index contributed by atoms with van der Waals surface area (Å²) in [7, 11) is 0. The minimum Gasteiger partial charge on any atom is -0.365 e. The minimum absolute atomic E-state index is 0.219. The summed E-state index contributed by atoms with van der Waals surface area (Å²) >= 11 is 0. The maximum absolute atomic E-state index is 11.7. The lowest BCUT2D eigenvalue weighted by atomic mass is 9.96. The number of carbonyl (C=O) groups is 1. The molecule has 0 spiro atoms. The normalized spacial score (nSPS) is 12.7. The van der Waals surface area contributed by atoms with Crippen molar-refractivity contribution in [3.63, 3.8) is 0 Å². The molecule has 1 atom stereocenters. The van der Waals surface area contributed by atoms with E-state index in [0.717, 1.165) is 18.5 Å². The van der Waals surface area contributed by atoms with Crippen LogP contribution in [0, 0.1) is 0 Å². The van der Waals surface area contributed by atoms with Crippen molar-refractivity contribution in [3.05, 3.63) is 29.7 Å². The van der Waals surface area contributed by atoms with E-state index in [-0.39, 0.29) is 5.92 Å². The van der Waals surface area contributed by atoms with Crippen LogP contribution in [0.2, 0.25) is 0 Å². The van der Waals surface area contributed by atoms with Crippen LogP contribution in [0.15, 0.2) is 18.5 Å². The van der Waals surface area contributed by atoms with Crippen molar-refractivity contribution in [1.29, 1.82) is 0 Å². The quantitative estimate of drug-likeness (QED) is 0.789.